The number of aryl methyl sites for hydroxylation is 1. The molecule has 0 amide bonds. The van der Waals surface area contributed by atoms with E-state index in [4.69, 9.17) is 0 Å². The monoisotopic (exact) mass is 283 g/mol. The molecule has 1 aromatic heterocycles. The van der Waals surface area contributed by atoms with Crippen molar-refractivity contribution in [1.82, 2.24) is 4.98 Å². The van der Waals surface area contributed by atoms with Crippen LogP contribution in [0.2, 0.25) is 0 Å². The van der Waals surface area contributed by atoms with Crippen LogP contribution < -0.4 is 0 Å². The highest BCUT2D eigenvalue weighted by molar-refractivity contribution is 14.1. The van der Waals surface area contributed by atoms with E-state index in [2.05, 4.69) is 32.3 Å². The van der Waals surface area contributed by atoms with Crippen LogP contribution in [0.5, 0.6) is 0 Å². The molecule has 0 radical (unpaired) electrons. The molecule has 0 aliphatic heterocycles. The zero-order chi connectivity index (χ0) is 8.43. The van der Waals surface area contributed by atoms with Crippen molar-refractivity contribution >= 4 is 39.9 Å². The maximum absolute atomic E-state index is 11.0. The van der Waals surface area contributed by atoms with Crippen LogP contribution in [0.25, 0.3) is 0 Å². The minimum Gasteiger partial charge on any atom is -0.464 e. The van der Waals surface area contributed by atoms with Gasteiger partial charge in [-0.05, 0) is 29.5 Å². The topological polar surface area (TPSA) is 39.2 Å². The fourth-order valence-electron chi connectivity index (χ4n) is 0.650. The number of hydrogen-bond acceptors (Lipinski definition) is 4. The average molecular weight is 283 g/mol. The number of rotatable bonds is 1. The minimum atomic E-state index is -0.360. The number of methoxy groups -OCH3 is 1. The van der Waals surface area contributed by atoms with Gasteiger partial charge in [-0.3, -0.25) is 0 Å². The number of ether oxygens (including phenoxy) is 1. The van der Waals surface area contributed by atoms with E-state index < -0.39 is 0 Å². The maximum Gasteiger partial charge on any atom is 0.357 e. The summed E-state index contributed by atoms with van der Waals surface area (Å²) in [5.74, 6) is -0.360. The SMILES string of the molecule is COC(=O)c1nc(I)sc1C. The van der Waals surface area contributed by atoms with Crippen molar-refractivity contribution in [2.24, 2.45) is 0 Å². The molecule has 1 rings (SSSR count). The molecule has 0 aliphatic rings. The standard InChI is InChI=1S/C6H6INO2S/c1-3-4(5(9)10-2)8-6(7)11-3/h1-2H3. The van der Waals surface area contributed by atoms with E-state index in [0.29, 0.717) is 5.69 Å². The third-order valence-electron chi connectivity index (χ3n) is 1.15. The summed E-state index contributed by atoms with van der Waals surface area (Å²) >= 11 is 3.56. The molecule has 1 aromatic rings. The first-order valence-electron chi connectivity index (χ1n) is 2.86. The molecule has 0 bridgehead atoms. The molecule has 0 saturated carbocycles. The Labute approximate surface area is 81.9 Å². The van der Waals surface area contributed by atoms with Gasteiger partial charge in [0, 0.05) is 4.88 Å². The summed E-state index contributed by atoms with van der Waals surface area (Å²) in [5.41, 5.74) is 0.432. The molecule has 3 nitrogen and oxygen atoms in total. The summed E-state index contributed by atoms with van der Waals surface area (Å²) in [6.45, 7) is 1.85. The lowest BCUT2D eigenvalue weighted by molar-refractivity contribution is 0.0594. The summed E-state index contributed by atoms with van der Waals surface area (Å²) < 4.78 is 5.39. The van der Waals surface area contributed by atoms with E-state index in [1.54, 1.807) is 0 Å². The molecule has 0 saturated heterocycles. The van der Waals surface area contributed by atoms with Gasteiger partial charge in [0.2, 0.25) is 0 Å². The van der Waals surface area contributed by atoms with Crippen LogP contribution >= 0.6 is 33.9 Å². The van der Waals surface area contributed by atoms with Gasteiger partial charge < -0.3 is 4.74 Å². The predicted octanol–water partition coefficient (Wildman–Crippen LogP) is 1.84. The van der Waals surface area contributed by atoms with Gasteiger partial charge in [0.05, 0.1) is 7.11 Å². The van der Waals surface area contributed by atoms with Gasteiger partial charge in [0.15, 0.2) is 8.71 Å². The predicted molar refractivity (Wildman–Crippen MR) is 50.9 cm³/mol. The molecule has 1 heterocycles. The lowest BCUT2D eigenvalue weighted by Crippen LogP contribution is -2.02. The van der Waals surface area contributed by atoms with Crippen molar-refractivity contribution in [2.75, 3.05) is 7.11 Å². The second kappa shape index (κ2) is 3.48. The summed E-state index contributed by atoms with van der Waals surface area (Å²) in [4.78, 5) is 15.9. The van der Waals surface area contributed by atoms with Crippen LogP contribution in [0, 0.1) is 9.94 Å². The van der Waals surface area contributed by atoms with E-state index in [9.17, 15) is 4.79 Å². The number of hydrogen-bond donors (Lipinski definition) is 0. The Morgan fingerprint density at radius 2 is 2.36 bits per heavy atom. The number of esters is 1. The smallest absolute Gasteiger partial charge is 0.357 e. The lowest BCUT2D eigenvalue weighted by Gasteiger charge is -1.92. The van der Waals surface area contributed by atoms with E-state index >= 15 is 0 Å². The van der Waals surface area contributed by atoms with Crippen LogP contribution in [-0.2, 0) is 4.74 Å². The molecule has 0 unspecified atom stereocenters. The molecule has 0 spiro atoms. The zero-order valence-electron chi connectivity index (χ0n) is 6.05. The quantitative estimate of drug-likeness (QED) is 0.583. The van der Waals surface area contributed by atoms with Crippen LogP contribution in [0.1, 0.15) is 15.4 Å². The van der Waals surface area contributed by atoms with Crippen molar-refractivity contribution < 1.29 is 9.53 Å². The molecule has 0 fully saturated rings. The largest absolute Gasteiger partial charge is 0.464 e. The summed E-state index contributed by atoms with van der Waals surface area (Å²) in [6, 6.07) is 0. The number of carbonyl (C=O) groups excluding carboxylic acids is 1. The first kappa shape index (κ1) is 8.92. The molecule has 60 valence electrons. The molecular weight excluding hydrogens is 277 g/mol. The van der Waals surface area contributed by atoms with Gasteiger partial charge in [0.25, 0.3) is 0 Å². The minimum absolute atomic E-state index is 0.360. The number of nitrogens with zero attached hydrogens (tertiary/aromatic N) is 1. The molecule has 0 atom stereocenters. The highest BCUT2D eigenvalue weighted by Crippen LogP contribution is 2.19. The number of carbonyl (C=O) groups is 1. The Hall–Kier alpha value is -0.170. The second-order valence-electron chi connectivity index (χ2n) is 1.86. The summed E-state index contributed by atoms with van der Waals surface area (Å²) in [5, 5.41) is 0. The Morgan fingerprint density at radius 1 is 1.73 bits per heavy atom. The van der Waals surface area contributed by atoms with Crippen molar-refractivity contribution in [3.8, 4) is 0 Å². The second-order valence-corrected chi connectivity index (χ2v) is 4.82. The van der Waals surface area contributed by atoms with Crippen molar-refractivity contribution in [3.63, 3.8) is 0 Å². The first-order valence-corrected chi connectivity index (χ1v) is 4.76. The van der Waals surface area contributed by atoms with E-state index in [1.807, 2.05) is 6.92 Å². The molecule has 0 N–H and O–H groups in total. The average Bonchev–Trinajstić information content (AvgIpc) is 2.28. The van der Waals surface area contributed by atoms with Crippen molar-refractivity contribution in [1.29, 1.82) is 0 Å². The van der Waals surface area contributed by atoms with Crippen molar-refractivity contribution in [3.05, 3.63) is 13.6 Å². The van der Waals surface area contributed by atoms with E-state index in [-0.39, 0.29) is 5.97 Å². The first-order chi connectivity index (χ1) is 5.15. The third kappa shape index (κ3) is 1.90. The summed E-state index contributed by atoms with van der Waals surface area (Å²) in [7, 11) is 1.36. The van der Waals surface area contributed by atoms with Gasteiger partial charge in [-0.1, -0.05) is 0 Å². The normalized spacial score (nSPS) is 9.73. The van der Waals surface area contributed by atoms with Crippen LogP contribution in [0.4, 0.5) is 0 Å². The molecule has 0 aliphatic carbocycles. The Kier molecular flexibility index (Phi) is 2.83. The van der Waals surface area contributed by atoms with Crippen LogP contribution in [0.15, 0.2) is 0 Å². The fourth-order valence-corrected chi connectivity index (χ4v) is 2.50. The van der Waals surface area contributed by atoms with Crippen LogP contribution in [0.3, 0.4) is 0 Å². The lowest BCUT2D eigenvalue weighted by atomic mass is 10.4. The highest BCUT2D eigenvalue weighted by atomic mass is 127. The van der Waals surface area contributed by atoms with Gasteiger partial charge in [-0.15, -0.1) is 11.3 Å². The van der Waals surface area contributed by atoms with E-state index in [1.165, 1.54) is 18.4 Å². The number of aromatic nitrogens is 1. The maximum atomic E-state index is 11.0. The Bertz CT molecular complexity index is 284. The molecular formula is C6H6INO2S. The Balaban J connectivity index is 3.03. The molecule has 11 heavy (non-hydrogen) atoms. The molecule has 0 aromatic carbocycles. The van der Waals surface area contributed by atoms with Gasteiger partial charge in [0.1, 0.15) is 0 Å². The number of halogens is 1. The highest BCUT2D eigenvalue weighted by Gasteiger charge is 2.13. The zero-order valence-corrected chi connectivity index (χ0v) is 9.02. The fraction of sp³-hybridized carbons (Fsp3) is 0.333. The van der Waals surface area contributed by atoms with Crippen molar-refractivity contribution in [2.45, 2.75) is 6.92 Å². The summed E-state index contributed by atoms with van der Waals surface area (Å²) in [6.07, 6.45) is 0. The van der Waals surface area contributed by atoms with E-state index in [0.717, 1.165) is 7.89 Å². The van der Waals surface area contributed by atoms with Gasteiger partial charge >= 0.3 is 5.97 Å². The van der Waals surface area contributed by atoms with Gasteiger partial charge in [-0.25, -0.2) is 9.78 Å². The van der Waals surface area contributed by atoms with Gasteiger partial charge in [-0.2, -0.15) is 0 Å². The third-order valence-corrected chi connectivity index (χ3v) is 2.81. The van der Waals surface area contributed by atoms with Crippen LogP contribution in [-0.4, -0.2) is 18.1 Å². The molecule has 5 heteroatoms. The number of thiazole rings is 1. The Morgan fingerprint density at radius 3 is 2.73 bits per heavy atom.